The second-order valence-corrected chi connectivity index (χ2v) is 11.3. The molecule has 38 heavy (non-hydrogen) atoms. The van der Waals surface area contributed by atoms with Crippen LogP contribution in [0.1, 0.15) is 61.4 Å². The van der Waals surface area contributed by atoms with Crippen molar-refractivity contribution >= 4 is 17.6 Å². The van der Waals surface area contributed by atoms with E-state index in [1.807, 2.05) is 12.1 Å². The number of benzene rings is 2. The highest BCUT2D eigenvalue weighted by molar-refractivity contribution is 5.93. The van der Waals surface area contributed by atoms with Crippen molar-refractivity contribution < 1.29 is 19.1 Å². The first-order valence-electron chi connectivity index (χ1n) is 13.5. The van der Waals surface area contributed by atoms with Crippen molar-refractivity contribution in [3.8, 4) is 17.2 Å². The number of carbonyl (C=O) groups is 2. The maximum Gasteiger partial charge on any atom is 0.266 e. The molecule has 7 nitrogen and oxygen atoms in total. The summed E-state index contributed by atoms with van der Waals surface area (Å²) in [5.74, 6) is 3.92. The smallest absolute Gasteiger partial charge is 0.266 e. The summed E-state index contributed by atoms with van der Waals surface area (Å²) in [7, 11) is 0. The number of primary amides is 1. The number of aromatic nitrogens is 1. The molecule has 4 saturated carbocycles. The Morgan fingerprint density at radius 3 is 2.18 bits per heavy atom. The van der Waals surface area contributed by atoms with Crippen LogP contribution in [0.2, 0.25) is 0 Å². The third-order valence-electron chi connectivity index (χ3n) is 8.53. The van der Waals surface area contributed by atoms with Crippen molar-refractivity contribution in [2.45, 2.75) is 57.0 Å². The van der Waals surface area contributed by atoms with E-state index in [1.165, 1.54) is 50.3 Å². The van der Waals surface area contributed by atoms with E-state index in [0.29, 0.717) is 34.0 Å². The molecule has 4 bridgehead atoms. The van der Waals surface area contributed by atoms with Gasteiger partial charge in [0.1, 0.15) is 23.1 Å². The first-order valence-corrected chi connectivity index (χ1v) is 13.5. The Balaban J connectivity index is 1.04. The lowest BCUT2D eigenvalue weighted by Gasteiger charge is -2.57. The molecule has 7 rings (SSSR count). The molecule has 4 aliphatic rings. The van der Waals surface area contributed by atoms with Gasteiger partial charge in [0.15, 0.2) is 6.10 Å². The van der Waals surface area contributed by atoms with Crippen molar-refractivity contribution in [2.24, 2.45) is 23.5 Å². The quantitative estimate of drug-likeness (QED) is 0.395. The molecule has 1 atom stereocenters. The summed E-state index contributed by atoms with van der Waals surface area (Å²) in [5.41, 5.74) is 7.46. The van der Waals surface area contributed by atoms with E-state index in [9.17, 15) is 9.59 Å². The lowest BCUT2D eigenvalue weighted by atomic mass is 9.48. The van der Waals surface area contributed by atoms with E-state index in [4.69, 9.17) is 15.2 Å². The summed E-state index contributed by atoms with van der Waals surface area (Å²) in [5, 5.41) is 2.79. The molecule has 196 valence electrons. The van der Waals surface area contributed by atoms with E-state index in [2.05, 4.69) is 22.4 Å². The van der Waals surface area contributed by atoms with Crippen LogP contribution in [0.25, 0.3) is 0 Å². The van der Waals surface area contributed by atoms with Crippen LogP contribution in [0, 0.1) is 17.8 Å². The highest BCUT2D eigenvalue weighted by Crippen LogP contribution is 2.60. The summed E-state index contributed by atoms with van der Waals surface area (Å²) in [4.78, 5) is 28.4. The number of carbonyl (C=O) groups excluding carboxylic acids is 2. The van der Waals surface area contributed by atoms with Crippen LogP contribution < -0.4 is 20.5 Å². The Labute approximate surface area is 222 Å². The Morgan fingerprint density at radius 2 is 1.58 bits per heavy atom. The van der Waals surface area contributed by atoms with E-state index < -0.39 is 12.0 Å². The van der Waals surface area contributed by atoms with Crippen LogP contribution in [-0.2, 0) is 10.2 Å². The van der Waals surface area contributed by atoms with Gasteiger partial charge in [0, 0.05) is 5.56 Å². The van der Waals surface area contributed by atoms with Crippen molar-refractivity contribution in [3.05, 3.63) is 78.0 Å². The van der Waals surface area contributed by atoms with Crippen LogP contribution in [0.15, 0.2) is 66.9 Å². The van der Waals surface area contributed by atoms with Gasteiger partial charge in [0.2, 0.25) is 5.91 Å². The summed E-state index contributed by atoms with van der Waals surface area (Å²) >= 11 is 0. The van der Waals surface area contributed by atoms with Gasteiger partial charge in [-0.15, -0.1) is 0 Å². The summed E-state index contributed by atoms with van der Waals surface area (Å²) in [6, 6.07) is 18.4. The molecule has 3 aromatic rings. The second-order valence-electron chi connectivity index (χ2n) is 11.3. The van der Waals surface area contributed by atoms with Gasteiger partial charge in [0.05, 0.1) is 6.20 Å². The third kappa shape index (κ3) is 4.97. The van der Waals surface area contributed by atoms with E-state index in [1.54, 1.807) is 43.3 Å². The fraction of sp³-hybridized carbons (Fsp3) is 0.387. The molecule has 7 heteroatoms. The third-order valence-corrected chi connectivity index (χ3v) is 8.53. The van der Waals surface area contributed by atoms with E-state index in [-0.39, 0.29) is 5.91 Å². The number of anilines is 1. The highest BCUT2D eigenvalue weighted by atomic mass is 16.5. The first kappa shape index (κ1) is 24.5. The number of nitrogens with two attached hydrogens (primary N) is 1. The molecule has 3 N–H and O–H groups in total. The number of nitrogens with zero attached hydrogens (tertiary/aromatic N) is 1. The van der Waals surface area contributed by atoms with Crippen LogP contribution >= 0.6 is 0 Å². The zero-order valence-electron chi connectivity index (χ0n) is 21.6. The van der Waals surface area contributed by atoms with Crippen LogP contribution in [-0.4, -0.2) is 22.9 Å². The van der Waals surface area contributed by atoms with Crippen molar-refractivity contribution in [3.63, 3.8) is 0 Å². The standard InChI is InChI=1S/C31H33N3O4/c1-19(30(36)34-28-10-9-27(18-33-28)38-26-4-2-3-23(14-26)29(32)35)37-25-7-5-24(6-8-25)31-15-20-11-21(16-31)13-22(12-20)17-31/h2-10,14,18-22H,11-13,15-17H2,1H3,(H2,32,35)(H,33,34,36). The van der Waals surface area contributed by atoms with Gasteiger partial charge in [-0.3, -0.25) is 9.59 Å². The van der Waals surface area contributed by atoms with Crippen LogP contribution in [0.4, 0.5) is 5.82 Å². The zero-order valence-corrected chi connectivity index (χ0v) is 21.6. The molecule has 0 radical (unpaired) electrons. The van der Waals surface area contributed by atoms with Gasteiger partial charge in [-0.2, -0.15) is 0 Å². The molecule has 2 amide bonds. The fourth-order valence-electron chi connectivity index (χ4n) is 7.20. The van der Waals surface area contributed by atoms with Gasteiger partial charge < -0.3 is 20.5 Å². The molecule has 1 unspecified atom stereocenters. The summed E-state index contributed by atoms with van der Waals surface area (Å²) in [6.45, 7) is 1.73. The second kappa shape index (κ2) is 9.78. The van der Waals surface area contributed by atoms with Crippen LogP contribution in [0.3, 0.4) is 0 Å². The van der Waals surface area contributed by atoms with Crippen molar-refractivity contribution in [1.29, 1.82) is 0 Å². The fourth-order valence-corrected chi connectivity index (χ4v) is 7.20. The normalized spacial score (nSPS) is 26.0. The number of hydrogen-bond donors (Lipinski definition) is 2. The lowest BCUT2D eigenvalue weighted by Crippen LogP contribution is -2.48. The van der Waals surface area contributed by atoms with Crippen molar-refractivity contribution in [2.75, 3.05) is 5.32 Å². The van der Waals surface area contributed by atoms with Gasteiger partial charge >= 0.3 is 0 Å². The number of nitrogens with one attached hydrogen (secondary N) is 1. The average molecular weight is 512 g/mol. The monoisotopic (exact) mass is 511 g/mol. The zero-order chi connectivity index (χ0) is 26.3. The predicted molar refractivity (Wildman–Crippen MR) is 144 cm³/mol. The maximum absolute atomic E-state index is 12.7. The summed E-state index contributed by atoms with van der Waals surface area (Å²) in [6.07, 6.45) is 9.10. The average Bonchev–Trinajstić information content (AvgIpc) is 2.89. The molecule has 2 aromatic carbocycles. The maximum atomic E-state index is 12.7. The van der Waals surface area contributed by atoms with Crippen LogP contribution in [0.5, 0.6) is 17.2 Å². The molecule has 0 saturated heterocycles. The number of hydrogen-bond acceptors (Lipinski definition) is 5. The van der Waals surface area contributed by atoms with E-state index >= 15 is 0 Å². The Bertz CT molecular complexity index is 1300. The number of ether oxygens (including phenoxy) is 2. The molecule has 1 heterocycles. The number of pyridine rings is 1. The molecular formula is C31H33N3O4. The Hall–Kier alpha value is -3.87. The van der Waals surface area contributed by atoms with Crippen molar-refractivity contribution in [1.82, 2.24) is 4.98 Å². The largest absolute Gasteiger partial charge is 0.481 e. The minimum Gasteiger partial charge on any atom is -0.481 e. The first-order chi connectivity index (χ1) is 18.3. The lowest BCUT2D eigenvalue weighted by molar-refractivity contribution is -0.122. The van der Waals surface area contributed by atoms with Gasteiger partial charge in [0.25, 0.3) is 5.91 Å². The topological polar surface area (TPSA) is 104 Å². The highest BCUT2D eigenvalue weighted by Gasteiger charge is 2.51. The molecule has 4 aliphatic carbocycles. The minimum absolute atomic E-state index is 0.287. The SMILES string of the molecule is CC(Oc1ccc(C23CC4CC(CC(C4)C2)C3)cc1)C(=O)Nc1ccc(Oc2cccc(C(N)=O)c2)cn1. The molecule has 0 aliphatic heterocycles. The molecular weight excluding hydrogens is 478 g/mol. The molecule has 0 spiro atoms. The number of amides is 2. The van der Waals surface area contributed by atoms with Gasteiger partial charge in [-0.05, 0) is 117 Å². The van der Waals surface area contributed by atoms with Gasteiger partial charge in [-0.25, -0.2) is 4.98 Å². The van der Waals surface area contributed by atoms with Gasteiger partial charge in [-0.1, -0.05) is 18.2 Å². The predicted octanol–water partition coefficient (Wildman–Crippen LogP) is 5.85. The number of rotatable bonds is 8. The Morgan fingerprint density at radius 1 is 0.921 bits per heavy atom. The van der Waals surface area contributed by atoms with E-state index in [0.717, 1.165) is 17.8 Å². The molecule has 4 fully saturated rings. The molecule has 1 aromatic heterocycles. The summed E-state index contributed by atoms with van der Waals surface area (Å²) < 4.78 is 11.7. The Kier molecular flexibility index (Phi) is 6.30. The minimum atomic E-state index is -0.685.